The highest BCUT2D eigenvalue weighted by Gasteiger charge is 2.46. The highest BCUT2D eigenvalue weighted by Crippen LogP contribution is 2.57. The van der Waals surface area contributed by atoms with Gasteiger partial charge in [0, 0.05) is 16.8 Å². The summed E-state index contributed by atoms with van der Waals surface area (Å²) in [5.41, 5.74) is 17.2. The molecule has 1 heterocycles. The van der Waals surface area contributed by atoms with Gasteiger partial charge in [-0.3, -0.25) is 0 Å². The highest BCUT2D eigenvalue weighted by molar-refractivity contribution is 6.24. The van der Waals surface area contributed by atoms with Crippen molar-refractivity contribution in [3.8, 4) is 39.1 Å². The maximum atomic E-state index is 2.53. The van der Waals surface area contributed by atoms with E-state index in [1.807, 2.05) is 0 Å². The fraction of sp³-hybridized carbons (Fsp3) is 0.0476. The van der Waals surface area contributed by atoms with E-state index >= 15 is 0 Å². The predicted molar refractivity (Wildman–Crippen MR) is 271 cm³/mol. The van der Waals surface area contributed by atoms with E-state index in [-0.39, 0.29) is 0 Å². The Labute approximate surface area is 373 Å². The first-order valence-corrected chi connectivity index (χ1v) is 22.4. The van der Waals surface area contributed by atoms with Crippen LogP contribution >= 0.6 is 0 Å². The lowest BCUT2D eigenvalue weighted by molar-refractivity contribution is 0.767. The Morgan fingerprint density at radius 1 is 0.344 bits per heavy atom. The molecule has 0 saturated heterocycles. The molecule has 0 atom stereocenters. The van der Waals surface area contributed by atoms with Gasteiger partial charge < -0.3 is 4.57 Å². The number of nitrogens with zero attached hydrogens (tertiary/aromatic N) is 1. The molecule has 12 aromatic rings. The molecule has 0 spiro atoms. The fourth-order valence-corrected chi connectivity index (χ4v) is 11.5. The minimum atomic E-state index is -0.486. The summed E-state index contributed by atoms with van der Waals surface area (Å²) in [6, 6.07) is 84.0. The van der Waals surface area contributed by atoms with Gasteiger partial charge in [-0.15, -0.1) is 0 Å². The molecule has 0 saturated carbocycles. The normalized spacial score (nSPS) is 13.0. The Balaban J connectivity index is 1.13. The van der Waals surface area contributed by atoms with Gasteiger partial charge in [0.1, 0.15) is 0 Å². The topological polar surface area (TPSA) is 4.93 Å². The van der Waals surface area contributed by atoms with Crippen LogP contribution in [0.25, 0.3) is 93.1 Å². The molecule has 1 aromatic heterocycles. The number of hydrogen-bond donors (Lipinski definition) is 0. The monoisotopic (exact) mass is 813 g/mol. The second kappa shape index (κ2) is 14.0. The summed E-state index contributed by atoms with van der Waals surface area (Å²) in [6.45, 7) is 4.61. The van der Waals surface area contributed by atoms with Crippen LogP contribution in [0.5, 0.6) is 0 Å². The Morgan fingerprint density at radius 2 is 0.844 bits per heavy atom. The van der Waals surface area contributed by atoms with E-state index in [0.29, 0.717) is 0 Å². The number of aryl methyl sites for hydroxylation is 1. The van der Waals surface area contributed by atoms with Gasteiger partial charge in [-0.1, -0.05) is 188 Å². The largest absolute Gasteiger partial charge is 0.314 e. The van der Waals surface area contributed by atoms with Crippen LogP contribution in [0.4, 0.5) is 0 Å². The van der Waals surface area contributed by atoms with Crippen LogP contribution in [0.3, 0.4) is 0 Å². The summed E-state index contributed by atoms with van der Waals surface area (Å²) in [7, 11) is 0. The van der Waals surface area contributed by atoms with Crippen molar-refractivity contribution in [2.75, 3.05) is 0 Å². The van der Waals surface area contributed by atoms with E-state index in [2.05, 4.69) is 243 Å². The van der Waals surface area contributed by atoms with Crippen molar-refractivity contribution in [1.29, 1.82) is 0 Å². The highest BCUT2D eigenvalue weighted by atomic mass is 15.0. The van der Waals surface area contributed by atoms with E-state index < -0.39 is 5.41 Å². The predicted octanol–water partition coefficient (Wildman–Crippen LogP) is 16.6. The van der Waals surface area contributed by atoms with Crippen molar-refractivity contribution in [1.82, 2.24) is 4.57 Å². The summed E-state index contributed by atoms with van der Waals surface area (Å²) < 4.78 is 2.53. The lowest BCUT2D eigenvalue weighted by Crippen LogP contribution is -2.28. The van der Waals surface area contributed by atoms with Crippen LogP contribution in [0.1, 0.15) is 33.5 Å². The van der Waals surface area contributed by atoms with Gasteiger partial charge in [0.05, 0.1) is 10.9 Å². The van der Waals surface area contributed by atoms with Crippen LogP contribution in [-0.2, 0) is 5.41 Å². The Hall–Kier alpha value is -8.00. The SMILES string of the molecule is Cc1c(C)n(-c2ccc3c(c2)C(c2ccccc2)(c2ccccc2)c2ccccc2-3)c2cc3c(-c4ccc5ccccc5c4)c4ccccc4c(-c4ccc5ccccc5c4)c3cc12. The van der Waals surface area contributed by atoms with Crippen LogP contribution in [0.15, 0.2) is 224 Å². The molecular weight excluding hydrogens is 771 g/mol. The summed E-state index contributed by atoms with van der Waals surface area (Å²) in [6.07, 6.45) is 0. The fourth-order valence-electron chi connectivity index (χ4n) is 11.5. The smallest absolute Gasteiger partial charge is 0.0714 e. The molecule has 11 aromatic carbocycles. The summed E-state index contributed by atoms with van der Waals surface area (Å²) in [5.74, 6) is 0. The minimum Gasteiger partial charge on any atom is -0.314 e. The first-order valence-electron chi connectivity index (χ1n) is 22.4. The zero-order valence-electron chi connectivity index (χ0n) is 35.8. The van der Waals surface area contributed by atoms with Crippen molar-refractivity contribution < 1.29 is 0 Å². The molecule has 0 bridgehead atoms. The van der Waals surface area contributed by atoms with Gasteiger partial charge in [-0.05, 0) is 155 Å². The number of fused-ring (bicyclic) bond motifs is 8. The molecule has 0 fully saturated rings. The van der Waals surface area contributed by atoms with Crippen molar-refractivity contribution in [3.63, 3.8) is 0 Å². The van der Waals surface area contributed by atoms with Crippen molar-refractivity contribution in [2.24, 2.45) is 0 Å². The van der Waals surface area contributed by atoms with Gasteiger partial charge in [-0.25, -0.2) is 0 Å². The molecule has 0 amide bonds. The quantitative estimate of drug-likeness (QED) is 0.153. The third-order valence-corrected chi connectivity index (χ3v) is 14.4. The van der Waals surface area contributed by atoms with E-state index in [0.717, 1.165) is 0 Å². The minimum absolute atomic E-state index is 0.486. The van der Waals surface area contributed by atoms with Gasteiger partial charge in [0.15, 0.2) is 0 Å². The lowest BCUT2D eigenvalue weighted by atomic mass is 9.67. The van der Waals surface area contributed by atoms with Crippen LogP contribution in [0, 0.1) is 13.8 Å². The van der Waals surface area contributed by atoms with Crippen LogP contribution in [0.2, 0.25) is 0 Å². The van der Waals surface area contributed by atoms with Crippen molar-refractivity contribution in [3.05, 3.63) is 258 Å². The second-order valence-corrected chi connectivity index (χ2v) is 17.6. The van der Waals surface area contributed by atoms with Crippen molar-refractivity contribution >= 4 is 54.0 Å². The molecule has 0 unspecified atom stereocenters. The van der Waals surface area contributed by atoms with Gasteiger partial charge in [0.25, 0.3) is 0 Å². The molecule has 300 valence electrons. The molecule has 1 aliphatic carbocycles. The average molecular weight is 814 g/mol. The molecule has 1 heteroatoms. The zero-order valence-corrected chi connectivity index (χ0v) is 35.8. The van der Waals surface area contributed by atoms with E-state index in [4.69, 9.17) is 0 Å². The van der Waals surface area contributed by atoms with E-state index in [9.17, 15) is 0 Å². The number of aromatic nitrogens is 1. The summed E-state index contributed by atoms with van der Waals surface area (Å²) >= 11 is 0. The second-order valence-electron chi connectivity index (χ2n) is 17.6. The van der Waals surface area contributed by atoms with Crippen LogP contribution in [-0.4, -0.2) is 4.57 Å². The van der Waals surface area contributed by atoms with Crippen LogP contribution < -0.4 is 0 Å². The molecule has 1 nitrogen and oxygen atoms in total. The Bertz CT molecular complexity index is 3810. The number of rotatable bonds is 5. The summed E-state index contributed by atoms with van der Waals surface area (Å²) in [4.78, 5) is 0. The molecule has 0 aliphatic heterocycles. The lowest BCUT2D eigenvalue weighted by Gasteiger charge is -2.34. The maximum absolute atomic E-state index is 2.53. The first kappa shape index (κ1) is 36.6. The number of hydrogen-bond acceptors (Lipinski definition) is 0. The van der Waals surface area contributed by atoms with E-state index in [1.165, 1.54) is 127 Å². The van der Waals surface area contributed by atoms with Gasteiger partial charge in [-0.2, -0.15) is 0 Å². The molecule has 0 radical (unpaired) electrons. The first-order chi connectivity index (χ1) is 31.6. The third-order valence-electron chi connectivity index (χ3n) is 14.4. The van der Waals surface area contributed by atoms with Crippen molar-refractivity contribution in [2.45, 2.75) is 19.3 Å². The molecular formula is C63H43N. The van der Waals surface area contributed by atoms with E-state index in [1.54, 1.807) is 0 Å². The molecule has 13 rings (SSSR count). The third kappa shape index (κ3) is 5.19. The van der Waals surface area contributed by atoms with Gasteiger partial charge >= 0.3 is 0 Å². The zero-order chi connectivity index (χ0) is 42.5. The standard InChI is InChI=1S/C63H43N/c1-40-41(2)64(50-33-34-52-51-25-15-16-28-58(51)63(59(52)37-50,48-21-5-3-6-22-48)49-23-7-4-8-24-49)60-39-57-56(38-55(40)60)61(46-31-29-42-17-9-11-19-44(42)35-46)53-26-13-14-27-54(53)62(57)47-32-30-43-18-10-12-20-45(43)36-47/h3-39H,1-2H3. The summed E-state index contributed by atoms with van der Waals surface area (Å²) in [5, 5.41) is 11.3. The average Bonchev–Trinajstić information content (AvgIpc) is 3.79. The number of benzene rings is 11. The Kier molecular flexibility index (Phi) is 8.02. The maximum Gasteiger partial charge on any atom is 0.0714 e. The molecule has 0 N–H and O–H groups in total. The molecule has 1 aliphatic rings. The Morgan fingerprint density at radius 3 is 1.45 bits per heavy atom. The molecule has 64 heavy (non-hydrogen) atoms. The van der Waals surface area contributed by atoms with Gasteiger partial charge in [0.2, 0.25) is 0 Å².